The summed E-state index contributed by atoms with van der Waals surface area (Å²) >= 11 is 1.71. The van der Waals surface area contributed by atoms with E-state index in [0.29, 0.717) is 13.1 Å². The van der Waals surface area contributed by atoms with Crippen LogP contribution in [0.4, 0.5) is 0 Å². The predicted octanol–water partition coefficient (Wildman–Crippen LogP) is 2.81. The minimum absolute atomic E-state index is 0.607. The molecule has 0 spiro atoms. The molecule has 0 fully saturated rings. The highest BCUT2D eigenvalue weighted by Gasteiger charge is 2.06. The molecule has 0 amide bonds. The lowest BCUT2D eigenvalue weighted by Crippen LogP contribution is -2.36. The number of aryl methyl sites for hydroxylation is 2. The largest absolute Gasteiger partial charge is 0.351 e. The molecule has 130 valence electrons. The molecule has 0 saturated carbocycles. The molecule has 0 saturated heterocycles. The Morgan fingerprint density at radius 2 is 1.88 bits per heavy atom. The molecule has 3 aromatic rings. The summed E-state index contributed by atoms with van der Waals surface area (Å²) < 4.78 is 1.87. The van der Waals surface area contributed by atoms with Crippen molar-refractivity contribution < 1.29 is 0 Å². The molecule has 0 bridgehead atoms. The first kappa shape index (κ1) is 17.2. The second-order valence-corrected chi connectivity index (χ2v) is 6.90. The number of nitrogens with zero attached hydrogens (tertiary/aromatic N) is 4. The molecule has 0 unspecified atom stereocenters. The smallest absolute Gasteiger partial charge is 0.191 e. The minimum Gasteiger partial charge on any atom is -0.351 e. The summed E-state index contributed by atoms with van der Waals surface area (Å²) in [6.45, 7) is 5.39. The molecule has 2 N–H and O–H groups in total. The van der Waals surface area contributed by atoms with E-state index in [1.165, 1.54) is 4.88 Å². The Hall–Kier alpha value is -2.67. The first-order valence-electron chi connectivity index (χ1n) is 8.13. The lowest BCUT2D eigenvalue weighted by Gasteiger charge is -2.09. The van der Waals surface area contributed by atoms with E-state index in [-0.39, 0.29) is 0 Å². The van der Waals surface area contributed by atoms with Gasteiger partial charge in [-0.1, -0.05) is 18.2 Å². The Balaban J connectivity index is 1.54. The second-order valence-electron chi connectivity index (χ2n) is 5.62. The molecule has 0 atom stereocenters. The van der Waals surface area contributed by atoms with Gasteiger partial charge in [0.25, 0.3) is 0 Å². The second kappa shape index (κ2) is 7.94. The van der Waals surface area contributed by atoms with E-state index in [9.17, 15) is 0 Å². The van der Waals surface area contributed by atoms with Crippen LogP contribution in [0.25, 0.3) is 5.69 Å². The summed E-state index contributed by atoms with van der Waals surface area (Å²) in [5.74, 6) is 0.736. The third kappa shape index (κ3) is 4.45. The first-order chi connectivity index (χ1) is 12.2. The quantitative estimate of drug-likeness (QED) is 0.546. The number of rotatable bonds is 5. The Bertz CT molecular complexity index is 830. The zero-order valence-electron chi connectivity index (χ0n) is 14.7. The van der Waals surface area contributed by atoms with Crippen molar-refractivity contribution in [1.82, 2.24) is 25.4 Å². The minimum atomic E-state index is 0.607. The van der Waals surface area contributed by atoms with Crippen LogP contribution in [0.15, 0.2) is 47.6 Å². The van der Waals surface area contributed by atoms with Crippen molar-refractivity contribution in [1.29, 1.82) is 0 Å². The van der Waals surface area contributed by atoms with E-state index in [1.54, 1.807) is 18.4 Å². The maximum atomic E-state index is 4.58. The van der Waals surface area contributed by atoms with Crippen LogP contribution < -0.4 is 10.6 Å². The van der Waals surface area contributed by atoms with Crippen molar-refractivity contribution in [2.75, 3.05) is 7.05 Å². The fourth-order valence-corrected chi connectivity index (χ4v) is 3.22. The van der Waals surface area contributed by atoms with Gasteiger partial charge in [-0.05, 0) is 32.0 Å². The number of guanidine groups is 1. The highest BCUT2D eigenvalue weighted by Crippen LogP contribution is 2.15. The van der Waals surface area contributed by atoms with Gasteiger partial charge in [-0.25, -0.2) is 9.67 Å². The van der Waals surface area contributed by atoms with E-state index < -0.39 is 0 Å². The fourth-order valence-electron chi connectivity index (χ4n) is 2.35. The zero-order chi connectivity index (χ0) is 17.6. The SMILES string of the molecule is CN=C(NCc1ccn(-c2ccccc2)n1)NCc1nc(C)c(C)s1. The molecule has 2 heterocycles. The van der Waals surface area contributed by atoms with Gasteiger partial charge in [-0.3, -0.25) is 4.99 Å². The molecule has 0 aliphatic carbocycles. The Kier molecular flexibility index (Phi) is 5.45. The van der Waals surface area contributed by atoms with E-state index in [1.807, 2.05) is 54.2 Å². The molecule has 25 heavy (non-hydrogen) atoms. The maximum absolute atomic E-state index is 4.58. The van der Waals surface area contributed by atoms with E-state index in [2.05, 4.69) is 32.6 Å². The normalized spacial score (nSPS) is 11.6. The van der Waals surface area contributed by atoms with Crippen LogP contribution in [0.5, 0.6) is 0 Å². The van der Waals surface area contributed by atoms with Crippen molar-refractivity contribution in [2.45, 2.75) is 26.9 Å². The molecule has 0 aliphatic heterocycles. The fraction of sp³-hybridized carbons (Fsp3) is 0.278. The molecule has 3 rings (SSSR count). The zero-order valence-corrected chi connectivity index (χ0v) is 15.5. The number of hydrogen-bond acceptors (Lipinski definition) is 4. The number of aliphatic imine (C=N–C) groups is 1. The van der Waals surface area contributed by atoms with Crippen LogP contribution >= 0.6 is 11.3 Å². The van der Waals surface area contributed by atoms with Gasteiger partial charge < -0.3 is 10.6 Å². The Morgan fingerprint density at radius 3 is 2.56 bits per heavy atom. The van der Waals surface area contributed by atoms with Gasteiger partial charge in [0, 0.05) is 18.1 Å². The van der Waals surface area contributed by atoms with Crippen LogP contribution in [0.2, 0.25) is 0 Å². The number of benzene rings is 1. The van der Waals surface area contributed by atoms with Gasteiger partial charge in [0.1, 0.15) is 5.01 Å². The van der Waals surface area contributed by atoms with Gasteiger partial charge in [-0.2, -0.15) is 5.10 Å². The molecule has 6 nitrogen and oxygen atoms in total. The van der Waals surface area contributed by atoms with Crippen LogP contribution in [0.3, 0.4) is 0 Å². The van der Waals surface area contributed by atoms with E-state index in [0.717, 1.165) is 28.0 Å². The monoisotopic (exact) mass is 354 g/mol. The van der Waals surface area contributed by atoms with Crippen LogP contribution in [0, 0.1) is 13.8 Å². The number of hydrogen-bond donors (Lipinski definition) is 2. The van der Waals surface area contributed by atoms with Gasteiger partial charge in [-0.15, -0.1) is 11.3 Å². The van der Waals surface area contributed by atoms with Gasteiger partial charge in [0.05, 0.1) is 30.2 Å². The van der Waals surface area contributed by atoms with Gasteiger partial charge >= 0.3 is 0 Å². The van der Waals surface area contributed by atoms with Crippen molar-refractivity contribution in [3.05, 3.63) is 63.9 Å². The average molecular weight is 354 g/mol. The number of thiazole rings is 1. The highest BCUT2D eigenvalue weighted by molar-refractivity contribution is 7.11. The highest BCUT2D eigenvalue weighted by atomic mass is 32.1. The third-order valence-corrected chi connectivity index (χ3v) is 4.88. The predicted molar refractivity (Wildman–Crippen MR) is 102 cm³/mol. The van der Waals surface area contributed by atoms with E-state index in [4.69, 9.17) is 0 Å². The van der Waals surface area contributed by atoms with Crippen LogP contribution in [0.1, 0.15) is 21.3 Å². The summed E-state index contributed by atoms with van der Waals surface area (Å²) in [7, 11) is 1.76. The van der Waals surface area contributed by atoms with Crippen LogP contribution in [-0.4, -0.2) is 27.8 Å². The molecular weight excluding hydrogens is 332 g/mol. The third-order valence-electron chi connectivity index (χ3n) is 3.81. The maximum Gasteiger partial charge on any atom is 0.191 e. The lowest BCUT2D eigenvalue weighted by atomic mass is 10.3. The molecular formula is C18H22N6S. The van der Waals surface area contributed by atoms with Crippen molar-refractivity contribution in [2.24, 2.45) is 4.99 Å². The van der Waals surface area contributed by atoms with Crippen molar-refractivity contribution in [3.8, 4) is 5.69 Å². The van der Waals surface area contributed by atoms with Gasteiger partial charge in [0.15, 0.2) is 5.96 Å². The lowest BCUT2D eigenvalue weighted by molar-refractivity contribution is 0.766. The summed E-state index contributed by atoms with van der Waals surface area (Å²) in [5.41, 5.74) is 3.09. The van der Waals surface area contributed by atoms with Crippen molar-refractivity contribution in [3.63, 3.8) is 0 Å². The molecule has 7 heteroatoms. The number of para-hydroxylation sites is 1. The first-order valence-corrected chi connectivity index (χ1v) is 8.95. The van der Waals surface area contributed by atoms with Crippen LogP contribution in [-0.2, 0) is 13.1 Å². The summed E-state index contributed by atoms with van der Waals surface area (Å²) in [5, 5.41) is 12.2. The average Bonchev–Trinajstić information content (AvgIpc) is 3.23. The Morgan fingerprint density at radius 1 is 1.12 bits per heavy atom. The molecule has 2 aromatic heterocycles. The number of aromatic nitrogens is 3. The summed E-state index contributed by atoms with van der Waals surface area (Å²) in [6, 6.07) is 12.1. The summed E-state index contributed by atoms with van der Waals surface area (Å²) in [4.78, 5) is 10.0. The van der Waals surface area contributed by atoms with E-state index >= 15 is 0 Å². The molecule has 1 aromatic carbocycles. The van der Waals surface area contributed by atoms with Crippen molar-refractivity contribution >= 4 is 17.3 Å². The standard InChI is InChI=1S/C18H22N6S/c1-13-14(2)25-17(22-13)12-21-18(19-3)20-11-15-9-10-24(23-15)16-7-5-4-6-8-16/h4-10H,11-12H2,1-3H3,(H2,19,20,21). The molecule has 0 radical (unpaired) electrons. The molecule has 0 aliphatic rings. The number of nitrogens with one attached hydrogen (secondary N) is 2. The topological polar surface area (TPSA) is 67.1 Å². The summed E-state index contributed by atoms with van der Waals surface area (Å²) in [6.07, 6.45) is 1.96. The Labute approximate surface area is 151 Å². The van der Waals surface area contributed by atoms with Gasteiger partial charge in [0.2, 0.25) is 0 Å².